The van der Waals surface area contributed by atoms with Gasteiger partial charge in [0.2, 0.25) is 5.91 Å². The number of carboxylic acid groups (broad SMARTS) is 1. The summed E-state index contributed by atoms with van der Waals surface area (Å²) in [4.78, 5) is 36.2. The first-order valence-electron chi connectivity index (χ1n) is 7.86. The zero-order valence-electron chi connectivity index (χ0n) is 14.4. The van der Waals surface area contributed by atoms with Gasteiger partial charge < -0.3 is 15.2 Å². The molecule has 0 spiro atoms. The van der Waals surface area contributed by atoms with Gasteiger partial charge in [0.1, 0.15) is 0 Å². The summed E-state index contributed by atoms with van der Waals surface area (Å²) in [6, 6.07) is 6.59. The van der Waals surface area contributed by atoms with Crippen molar-refractivity contribution in [2.75, 3.05) is 12.4 Å². The number of anilines is 1. The van der Waals surface area contributed by atoms with Crippen molar-refractivity contribution >= 4 is 23.5 Å². The van der Waals surface area contributed by atoms with Crippen molar-refractivity contribution in [1.29, 1.82) is 0 Å². The molecular formula is C18H23NO5. The fourth-order valence-corrected chi connectivity index (χ4v) is 3.44. The Morgan fingerprint density at radius 2 is 1.83 bits per heavy atom. The van der Waals surface area contributed by atoms with Crippen LogP contribution in [-0.2, 0) is 14.3 Å². The van der Waals surface area contributed by atoms with Gasteiger partial charge in [-0.15, -0.1) is 0 Å². The van der Waals surface area contributed by atoms with Gasteiger partial charge in [-0.25, -0.2) is 4.79 Å². The highest BCUT2D eigenvalue weighted by Gasteiger charge is 2.58. The summed E-state index contributed by atoms with van der Waals surface area (Å²) in [6.07, 6.45) is 0.925. The lowest BCUT2D eigenvalue weighted by atomic mass is 9.65. The number of aliphatic carboxylic acids is 1. The SMILES string of the molecule is COC(=O)c1ccccc1NC(=O)[C@@H]1CC[C@](C)(C(=O)O)C1(C)C. The predicted molar refractivity (Wildman–Crippen MR) is 88.7 cm³/mol. The predicted octanol–water partition coefficient (Wildman–Crippen LogP) is 2.94. The normalized spacial score (nSPS) is 25.1. The molecule has 1 aromatic carbocycles. The van der Waals surface area contributed by atoms with Gasteiger partial charge in [0.05, 0.1) is 23.8 Å². The highest BCUT2D eigenvalue weighted by molar-refractivity contribution is 6.02. The molecule has 1 aromatic rings. The van der Waals surface area contributed by atoms with Crippen LogP contribution in [0.1, 0.15) is 44.0 Å². The van der Waals surface area contributed by atoms with Gasteiger partial charge >= 0.3 is 11.9 Å². The molecule has 0 unspecified atom stereocenters. The Labute approximate surface area is 141 Å². The van der Waals surface area contributed by atoms with E-state index in [4.69, 9.17) is 4.74 Å². The maximum Gasteiger partial charge on any atom is 0.339 e. The molecule has 0 heterocycles. The van der Waals surface area contributed by atoms with Crippen LogP contribution in [0, 0.1) is 16.7 Å². The summed E-state index contributed by atoms with van der Waals surface area (Å²) in [5.41, 5.74) is -1.03. The summed E-state index contributed by atoms with van der Waals surface area (Å²) >= 11 is 0. The largest absolute Gasteiger partial charge is 0.481 e. The maximum atomic E-state index is 12.7. The number of carboxylic acids is 1. The number of carbonyl (C=O) groups excluding carboxylic acids is 2. The number of benzene rings is 1. The van der Waals surface area contributed by atoms with Crippen molar-refractivity contribution in [3.8, 4) is 0 Å². The number of nitrogens with one attached hydrogen (secondary N) is 1. The first-order chi connectivity index (χ1) is 11.1. The van der Waals surface area contributed by atoms with Gasteiger partial charge in [-0.2, -0.15) is 0 Å². The minimum Gasteiger partial charge on any atom is -0.481 e. The number of ether oxygens (including phenoxy) is 1. The van der Waals surface area contributed by atoms with Crippen molar-refractivity contribution in [3.05, 3.63) is 29.8 Å². The summed E-state index contributed by atoms with van der Waals surface area (Å²) in [6.45, 7) is 5.31. The van der Waals surface area contributed by atoms with E-state index >= 15 is 0 Å². The number of esters is 1. The van der Waals surface area contributed by atoms with Crippen molar-refractivity contribution in [1.82, 2.24) is 0 Å². The molecule has 1 fully saturated rings. The molecule has 0 aliphatic heterocycles. The molecule has 0 radical (unpaired) electrons. The molecule has 1 amide bonds. The van der Waals surface area contributed by atoms with E-state index in [9.17, 15) is 19.5 Å². The van der Waals surface area contributed by atoms with Crippen LogP contribution in [0.4, 0.5) is 5.69 Å². The second-order valence-corrected chi connectivity index (χ2v) is 6.98. The Balaban J connectivity index is 2.26. The second-order valence-electron chi connectivity index (χ2n) is 6.98. The molecule has 6 heteroatoms. The van der Waals surface area contributed by atoms with Crippen molar-refractivity contribution in [2.45, 2.75) is 33.6 Å². The third kappa shape index (κ3) is 2.77. The lowest BCUT2D eigenvalue weighted by molar-refractivity contribution is -0.154. The van der Waals surface area contributed by atoms with Gasteiger partial charge in [-0.05, 0) is 37.3 Å². The fourth-order valence-electron chi connectivity index (χ4n) is 3.44. The smallest absolute Gasteiger partial charge is 0.339 e. The number of carbonyl (C=O) groups is 3. The van der Waals surface area contributed by atoms with Crippen molar-refractivity contribution < 1.29 is 24.2 Å². The molecule has 130 valence electrons. The average Bonchev–Trinajstić information content (AvgIpc) is 2.78. The second kappa shape index (κ2) is 6.26. The van der Waals surface area contributed by atoms with E-state index in [2.05, 4.69) is 5.32 Å². The molecule has 1 aliphatic carbocycles. The summed E-state index contributed by atoms with van der Waals surface area (Å²) in [5, 5.41) is 12.3. The monoisotopic (exact) mass is 333 g/mol. The topological polar surface area (TPSA) is 92.7 Å². The molecule has 2 rings (SSSR count). The number of amides is 1. The molecule has 6 nitrogen and oxygen atoms in total. The quantitative estimate of drug-likeness (QED) is 0.826. The number of hydrogen-bond donors (Lipinski definition) is 2. The third-order valence-electron chi connectivity index (χ3n) is 5.61. The highest BCUT2D eigenvalue weighted by Crippen LogP contribution is 2.56. The Morgan fingerprint density at radius 1 is 1.21 bits per heavy atom. The van der Waals surface area contributed by atoms with Gasteiger partial charge in [-0.1, -0.05) is 26.0 Å². The van der Waals surface area contributed by atoms with E-state index < -0.39 is 28.7 Å². The van der Waals surface area contributed by atoms with Crippen molar-refractivity contribution in [3.63, 3.8) is 0 Å². The number of rotatable bonds is 4. The number of hydrogen-bond acceptors (Lipinski definition) is 4. The minimum absolute atomic E-state index is 0.269. The average molecular weight is 333 g/mol. The van der Waals surface area contributed by atoms with Gasteiger partial charge in [0.25, 0.3) is 0 Å². The van der Waals surface area contributed by atoms with Gasteiger partial charge in [0.15, 0.2) is 0 Å². The fraction of sp³-hybridized carbons (Fsp3) is 0.500. The summed E-state index contributed by atoms with van der Waals surface area (Å²) in [7, 11) is 1.28. The molecule has 1 aliphatic rings. The van der Waals surface area contributed by atoms with E-state index in [1.165, 1.54) is 7.11 Å². The zero-order chi connectivity index (χ0) is 18.1. The molecule has 0 aromatic heterocycles. The summed E-state index contributed by atoms with van der Waals surface area (Å²) < 4.78 is 4.72. The summed E-state index contributed by atoms with van der Waals surface area (Å²) in [5.74, 6) is -2.16. The van der Waals surface area contributed by atoms with Crippen LogP contribution in [0.5, 0.6) is 0 Å². The van der Waals surface area contributed by atoms with Crippen molar-refractivity contribution in [2.24, 2.45) is 16.7 Å². The number of para-hydroxylation sites is 1. The van der Waals surface area contributed by atoms with E-state index in [-0.39, 0.29) is 11.5 Å². The first-order valence-corrected chi connectivity index (χ1v) is 7.86. The van der Waals surface area contributed by atoms with Crippen LogP contribution in [0.2, 0.25) is 0 Å². The standard InChI is InChI=1S/C18H23NO5/c1-17(2)12(9-10-18(17,3)16(22)23)14(20)19-13-8-6-5-7-11(13)15(21)24-4/h5-8,12H,9-10H2,1-4H3,(H,19,20)(H,22,23)/t12-,18+/m0/s1. The lowest BCUT2D eigenvalue weighted by Crippen LogP contribution is -2.43. The maximum absolute atomic E-state index is 12.7. The molecule has 1 saturated carbocycles. The van der Waals surface area contributed by atoms with Crippen LogP contribution < -0.4 is 5.32 Å². The number of methoxy groups -OCH3 is 1. The van der Waals surface area contributed by atoms with E-state index in [1.807, 2.05) is 13.8 Å². The van der Waals surface area contributed by atoms with Gasteiger partial charge in [-0.3, -0.25) is 9.59 Å². The minimum atomic E-state index is -0.961. The Hall–Kier alpha value is -2.37. The molecule has 0 saturated heterocycles. The molecule has 2 atom stereocenters. The zero-order valence-corrected chi connectivity index (χ0v) is 14.4. The van der Waals surface area contributed by atoms with Crippen LogP contribution >= 0.6 is 0 Å². The van der Waals surface area contributed by atoms with Crippen LogP contribution in [0.25, 0.3) is 0 Å². The molecular weight excluding hydrogens is 310 g/mol. The molecule has 24 heavy (non-hydrogen) atoms. The van der Waals surface area contributed by atoms with E-state index in [0.29, 0.717) is 18.5 Å². The Morgan fingerprint density at radius 3 is 2.38 bits per heavy atom. The van der Waals surface area contributed by atoms with E-state index in [0.717, 1.165) is 0 Å². The van der Waals surface area contributed by atoms with Gasteiger partial charge in [0, 0.05) is 5.92 Å². The first kappa shape index (κ1) is 18.0. The molecule has 0 bridgehead atoms. The Kier molecular flexibility index (Phi) is 4.69. The highest BCUT2D eigenvalue weighted by atomic mass is 16.5. The van der Waals surface area contributed by atoms with Crippen LogP contribution in [0.3, 0.4) is 0 Å². The van der Waals surface area contributed by atoms with Crippen LogP contribution in [-0.4, -0.2) is 30.1 Å². The van der Waals surface area contributed by atoms with E-state index in [1.54, 1.807) is 31.2 Å². The molecule has 2 N–H and O–H groups in total. The third-order valence-corrected chi connectivity index (χ3v) is 5.61. The van der Waals surface area contributed by atoms with Crippen LogP contribution in [0.15, 0.2) is 24.3 Å². The lowest BCUT2D eigenvalue weighted by Gasteiger charge is -2.37. The Bertz CT molecular complexity index is 682.